The molecule has 3 nitrogen and oxygen atoms in total. The van der Waals surface area contributed by atoms with Crippen molar-refractivity contribution < 1.29 is 4.74 Å². The Balaban J connectivity index is 2.42. The van der Waals surface area contributed by atoms with E-state index in [1.165, 1.54) is 24.1 Å². The fraction of sp³-hybridized carbons (Fsp3) is 0.667. The van der Waals surface area contributed by atoms with Gasteiger partial charge in [-0.3, -0.25) is 0 Å². The Morgan fingerprint density at radius 2 is 2.19 bits per heavy atom. The minimum Gasteiger partial charge on any atom is -0.374 e. The Bertz CT molecular complexity index is 424. The topological polar surface area (TPSA) is 37.9 Å². The van der Waals surface area contributed by atoms with Crippen LogP contribution in [-0.2, 0) is 17.6 Å². The number of aryl methyl sites for hydroxylation is 1. The standard InChI is InChI=1S/C12H18N2OS/c1-3-10(15-2)11-13-9-7-5-4-6-8(9)12(16)14-11/h10H,3-7H2,1-2H3,(H,13,14,16). The predicted molar refractivity (Wildman–Crippen MR) is 66.1 cm³/mol. The molecule has 1 unspecified atom stereocenters. The van der Waals surface area contributed by atoms with Crippen molar-refractivity contribution >= 4 is 12.2 Å². The van der Waals surface area contributed by atoms with Crippen LogP contribution in [-0.4, -0.2) is 17.1 Å². The molecule has 1 aliphatic rings. The molecule has 1 aromatic rings. The number of fused-ring (bicyclic) bond motifs is 1. The van der Waals surface area contributed by atoms with Crippen molar-refractivity contribution in [3.63, 3.8) is 0 Å². The molecule has 2 rings (SSSR count). The molecule has 0 aliphatic heterocycles. The van der Waals surface area contributed by atoms with Crippen LogP contribution in [0.4, 0.5) is 0 Å². The summed E-state index contributed by atoms with van der Waals surface area (Å²) in [5.41, 5.74) is 2.52. The lowest BCUT2D eigenvalue weighted by molar-refractivity contribution is 0.0921. The second-order valence-electron chi connectivity index (χ2n) is 4.22. The Labute approximate surface area is 101 Å². The molecule has 0 amide bonds. The van der Waals surface area contributed by atoms with Crippen LogP contribution < -0.4 is 0 Å². The zero-order valence-corrected chi connectivity index (χ0v) is 10.7. The SMILES string of the molecule is CCC(OC)c1nc(=S)c2c([nH]1)CCCC2. The summed E-state index contributed by atoms with van der Waals surface area (Å²) in [5.74, 6) is 0.885. The second kappa shape index (κ2) is 5.06. The van der Waals surface area contributed by atoms with Gasteiger partial charge in [0.25, 0.3) is 0 Å². The molecule has 1 N–H and O–H groups in total. The van der Waals surface area contributed by atoms with Gasteiger partial charge in [0.2, 0.25) is 0 Å². The smallest absolute Gasteiger partial charge is 0.137 e. The number of nitrogens with one attached hydrogen (secondary N) is 1. The highest BCUT2D eigenvalue weighted by Gasteiger charge is 2.17. The lowest BCUT2D eigenvalue weighted by Crippen LogP contribution is -2.13. The van der Waals surface area contributed by atoms with Gasteiger partial charge in [-0.15, -0.1) is 0 Å². The van der Waals surface area contributed by atoms with Crippen LogP contribution in [0.5, 0.6) is 0 Å². The summed E-state index contributed by atoms with van der Waals surface area (Å²) in [7, 11) is 1.71. The van der Waals surface area contributed by atoms with Gasteiger partial charge < -0.3 is 9.72 Å². The highest BCUT2D eigenvalue weighted by molar-refractivity contribution is 7.71. The van der Waals surface area contributed by atoms with Gasteiger partial charge in [-0.2, -0.15) is 0 Å². The van der Waals surface area contributed by atoms with Crippen LogP contribution in [0.1, 0.15) is 49.4 Å². The average Bonchev–Trinajstić information content (AvgIpc) is 2.31. The van der Waals surface area contributed by atoms with Gasteiger partial charge in [0.15, 0.2) is 0 Å². The molecule has 1 atom stereocenters. The van der Waals surface area contributed by atoms with Crippen LogP contribution in [0.25, 0.3) is 0 Å². The zero-order valence-electron chi connectivity index (χ0n) is 9.88. The first-order valence-electron chi connectivity index (χ1n) is 5.91. The van der Waals surface area contributed by atoms with E-state index in [9.17, 15) is 0 Å². The molecule has 0 radical (unpaired) electrons. The zero-order chi connectivity index (χ0) is 11.5. The minimum atomic E-state index is 0.0360. The minimum absolute atomic E-state index is 0.0360. The largest absolute Gasteiger partial charge is 0.374 e. The highest BCUT2D eigenvalue weighted by Crippen LogP contribution is 2.23. The van der Waals surface area contributed by atoms with Gasteiger partial charge >= 0.3 is 0 Å². The van der Waals surface area contributed by atoms with Crippen molar-refractivity contribution in [3.8, 4) is 0 Å². The van der Waals surface area contributed by atoms with Crippen LogP contribution in [0.15, 0.2) is 0 Å². The molecule has 16 heavy (non-hydrogen) atoms. The van der Waals surface area contributed by atoms with Gasteiger partial charge in [0.05, 0.1) is 0 Å². The molecule has 0 saturated heterocycles. The third kappa shape index (κ3) is 2.18. The first kappa shape index (κ1) is 11.7. The van der Waals surface area contributed by atoms with Crippen molar-refractivity contribution in [3.05, 3.63) is 21.7 Å². The Morgan fingerprint density at radius 3 is 2.88 bits per heavy atom. The van der Waals surface area contributed by atoms with Crippen LogP contribution >= 0.6 is 12.2 Å². The summed E-state index contributed by atoms with van der Waals surface area (Å²) in [6, 6.07) is 0. The van der Waals surface area contributed by atoms with Crippen LogP contribution in [0.2, 0.25) is 0 Å². The summed E-state index contributed by atoms with van der Waals surface area (Å²) >= 11 is 5.35. The van der Waals surface area contributed by atoms with Crippen molar-refractivity contribution in [1.82, 2.24) is 9.97 Å². The molecule has 0 bridgehead atoms. The number of H-pyrrole nitrogens is 1. The molecule has 0 saturated carbocycles. The van der Waals surface area contributed by atoms with Crippen molar-refractivity contribution in [2.24, 2.45) is 0 Å². The van der Waals surface area contributed by atoms with Gasteiger partial charge in [0, 0.05) is 18.4 Å². The maximum Gasteiger partial charge on any atom is 0.137 e. The van der Waals surface area contributed by atoms with E-state index in [0.717, 1.165) is 29.7 Å². The molecular formula is C12H18N2OS. The maximum absolute atomic E-state index is 5.39. The average molecular weight is 238 g/mol. The molecular weight excluding hydrogens is 220 g/mol. The number of ether oxygens (including phenoxy) is 1. The second-order valence-corrected chi connectivity index (χ2v) is 4.61. The summed E-state index contributed by atoms with van der Waals surface area (Å²) in [4.78, 5) is 7.87. The monoisotopic (exact) mass is 238 g/mol. The molecule has 1 heterocycles. The number of methoxy groups -OCH3 is 1. The van der Waals surface area contributed by atoms with Crippen molar-refractivity contribution in [2.45, 2.75) is 45.1 Å². The van der Waals surface area contributed by atoms with Gasteiger partial charge in [-0.25, -0.2) is 4.98 Å². The Kier molecular flexibility index (Phi) is 3.71. The number of rotatable bonds is 3. The normalized spacial score (nSPS) is 16.9. The van der Waals surface area contributed by atoms with Crippen molar-refractivity contribution in [1.29, 1.82) is 0 Å². The van der Waals surface area contributed by atoms with Crippen molar-refractivity contribution in [2.75, 3.05) is 7.11 Å². The van der Waals surface area contributed by atoms with E-state index >= 15 is 0 Å². The van der Waals surface area contributed by atoms with E-state index in [1.54, 1.807) is 7.11 Å². The number of aromatic amines is 1. The van der Waals surface area contributed by atoms with Crippen LogP contribution in [0.3, 0.4) is 0 Å². The predicted octanol–water partition coefficient (Wildman–Crippen LogP) is 3.12. The summed E-state index contributed by atoms with van der Waals surface area (Å²) < 4.78 is 6.15. The van der Waals surface area contributed by atoms with E-state index in [4.69, 9.17) is 17.0 Å². The fourth-order valence-corrected chi connectivity index (χ4v) is 2.59. The molecule has 1 aliphatic carbocycles. The molecule has 1 aromatic heterocycles. The van der Waals surface area contributed by atoms with Gasteiger partial charge in [-0.1, -0.05) is 19.1 Å². The first-order chi connectivity index (χ1) is 7.76. The molecule has 88 valence electrons. The highest BCUT2D eigenvalue weighted by atomic mass is 32.1. The molecule has 0 spiro atoms. The number of nitrogens with zero attached hydrogens (tertiary/aromatic N) is 1. The number of aromatic nitrogens is 2. The Hall–Kier alpha value is -0.740. The molecule has 0 fully saturated rings. The number of hydrogen-bond acceptors (Lipinski definition) is 3. The summed E-state index contributed by atoms with van der Waals surface area (Å²) in [6.07, 6.45) is 5.58. The Morgan fingerprint density at radius 1 is 1.44 bits per heavy atom. The van der Waals surface area contributed by atoms with Gasteiger partial charge in [0.1, 0.15) is 16.6 Å². The third-order valence-corrected chi connectivity index (χ3v) is 3.52. The van der Waals surface area contributed by atoms with E-state index in [2.05, 4.69) is 16.9 Å². The van der Waals surface area contributed by atoms with Gasteiger partial charge in [-0.05, 0) is 32.1 Å². The van der Waals surface area contributed by atoms with E-state index < -0.39 is 0 Å². The maximum atomic E-state index is 5.39. The van der Waals surface area contributed by atoms with Crippen LogP contribution in [0, 0.1) is 4.64 Å². The third-order valence-electron chi connectivity index (χ3n) is 3.19. The molecule has 4 heteroatoms. The van der Waals surface area contributed by atoms with E-state index in [1.807, 2.05) is 0 Å². The molecule has 0 aromatic carbocycles. The number of hydrogen-bond donors (Lipinski definition) is 1. The quantitative estimate of drug-likeness (QED) is 0.822. The summed E-state index contributed by atoms with van der Waals surface area (Å²) in [5, 5.41) is 0. The van der Waals surface area contributed by atoms with E-state index in [-0.39, 0.29) is 6.10 Å². The first-order valence-corrected chi connectivity index (χ1v) is 6.31. The summed E-state index contributed by atoms with van der Waals surface area (Å²) in [6.45, 7) is 2.09. The lowest BCUT2D eigenvalue weighted by Gasteiger charge is -2.19. The lowest BCUT2D eigenvalue weighted by atomic mass is 9.97. The fourth-order valence-electron chi connectivity index (χ4n) is 2.26. The van der Waals surface area contributed by atoms with E-state index in [0.29, 0.717) is 0 Å².